The van der Waals surface area contributed by atoms with E-state index in [2.05, 4.69) is 283 Å². The van der Waals surface area contributed by atoms with Crippen molar-refractivity contribution in [1.29, 1.82) is 0 Å². The largest absolute Gasteiger partial charge is 0.256 e. The molecule has 0 aliphatic heterocycles. The van der Waals surface area contributed by atoms with E-state index in [0.717, 1.165) is 111 Å². The Bertz CT molecular complexity index is 5840. The highest BCUT2D eigenvalue weighted by molar-refractivity contribution is 6.02. The molecule has 6 nitrogen and oxygen atoms in total. The van der Waals surface area contributed by atoms with Crippen LogP contribution in [0, 0.1) is 0 Å². The van der Waals surface area contributed by atoms with E-state index in [1.54, 1.807) is 0 Å². The first kappa shape index (κ1) is 60.3. The summed E-state index contributed by atoms with van der Waals surface area (Å²) in [6.07, 6.45) is 3.82. The molecule has 0 fully saturated rings. The van der Waals surface area contributed by atoms with Gasteiger partial charge >= 0.3 is 0 Å². The summed E-state index contributed by atoms with van der Waals surface area (Å²) in [5.74, 6) is 1.41. The number of hydrogen-bond acceptors (Lipinski definition) is 6. The Hall–Kier alpha value is -13.4. The predicted octanol–water partition coefficient (Wildman–Crippen LogP) is 24.4. The van der Waals surface area contributed by atoms with Crippen LogP contribution in [0.15, 0.2) is 376 Å². The third-order valence-electron chi connectivity index (χ3n) is 18.7. The first-order valence-electron chi connectivity index (χ1n) is 33.7. The lowest BCUT2D eigenvalue weighted by molar-refractivity contribution is 1.18. The molecular weight excluding hydrogens is 1210 g/mol. The van der Waals surface area contributed by atoms with Crippen molar-refractivity contribution in [1.82, 2.24) is 29.9 Å². The number of benzene rings is 14. The maximum Gasteiger partial charge on any atom is 0.160 e. The smallest absolute Gasteiger partial charge is 0.160 e. The van der Waals surface area contributed by atoms with Crippen molar-refractivity contribution in [2.45, 2.75) is 0 Å². The molecule has 6 heteroatoms. The van der Waals surface area contributed by atoms with Gasteiger partial charge in [-0.3, -0.25) is 9.97 Å². The van der Waals surface area contributed by atoms with Gasteiger partial charge in [0.1, 0.15) is 0 Å². The van der Waals surface area contributed by atoms with Gasteiger partial charge in [0.2, 0.25) is 0 Å². The number of hydrogen-bond donors (Lipinski definition) is 0. The predicted molar refractivity (Wildman–Crippen MR) is 415 cm³/mol. The van der Waals surface area contributed by atoms with Crippen LogP contribution < -0.4 is 0 Å². The van der Waals surface area contributed by atoms with Gasteiger partial charge in [-0.1, -0.05) is 309 Å². The van der Waals surface area contributed by atoms with Crippen LogP contribution in [0.2, 0.25) is 0 Å². The summed E-state index contributed by atoms with van der Waals surface area (Å²) in [6, 6.07) is 128. The molecule has 0 unspecified atom stereocenters. The Morgan fingerprint density at radius 1 is 0.180 bits per heavy atom. The van der Waals surface area contributed by atoms with Crippen molar-refractivity contribution in [3.8, 4) is 135 Å². The summed E-state index contributed by atoms with van der Waals surface area (Å²) in [5, 5.41) is 7.14. The zero-order valence-corrected chi connectivity index (χ0v) is 54.5. The molecule has 0 atom stereocenters. The summed E-state index contributed by atoms with van der Waals surface area (Å²) >= 11 is 0. The van der Waals surface area contributed by atoms with Gasteiger partial charge < -0.3 is 0 Å². The quantitative estimate of drug-likeness (QED) is 0.121. The van der Waals surface area contributed by atoms with E-state index in [4.69, 9.17) is 19.9 Å². The Labute approximate surface area is 580 Å². The van der Waals surface area contributed by atoms with Crippen LogP contribution in [-0.4, -0.2) is 29.9 Å². The minimum Gasteiger partial charge on any atom is -0.256 e. The maximum atomic E-state index is 5.04. The van der Waals surface area contributed by atoms with Gasteiger partial charge in [0, 0.05) is 67.7 Å². The number of rotatable bonds is 12. The summed E-state index contributed by atoms with van der Waals surface area (Å²) in [5.41, 5.74) is 25.8. The lowest BCUT2D eigenvalue weighted by Gasteiger charge is -2.13. The number of nitrogens with zero attached hydrogens (tertiary/aromatic N) is 6. The fourth-order valence-electron chi connectivity index (χ4n) is 13.5. The third-order valence-corrected chi connectivity index (χ3v) is 18.7. The molecule has 0 amide bonds. The molecule has 0 aliphatic carbocycles. The lowest BCUT2D eigenvalue weighted by Crippen LogP contribution is -1.96. The normalized spacial score (nSPS) is 11.2. The Morgan fingerprint density at radius 3 is 0.970 bits per heavy atom. The highest BCUT2D eigenvalue weighted by Crippen LogP contribution is 2.40. The van der Waals surface area contributed by atoms with E-state index in [-0.39, 0.29) is 0 Å². The van der Waals surface area contributed by atoms with Crippen molar-refractivity contribution in [3.05, 3.63) is 376 Å². The molecule has 18 rings (SSSR count). The molecule has 0 saturated carbocycles. The molecule has 468 valence electrons. The van der Waals surface area contributed by atoms with Gasteiger partial charge in [-0.2, -0.15) is 0 Å². The van der Waals surface area contributed by atoms with Crippen molar-refractivity contribution in [2.75, 3.05) is 0 Å². The van der Waals surface area contributed by atoms with E-state index < -0.39 is 0 Å². The van der Waals surface area contributed by atoms with Crippen LogP contribution in [0.25, 0.3) is 178 Å². The van der Waals surface area contributed by atoms with Crippen LogP contribution in [-0.2, 0) is 0 Å². The average Bonchev–Trinajstić information content (AvgIpc) is 0.783. The molecule has 0 spiro atoms. The zero-order valence-electron chi connectivity index (χ0n) is 54.5. The van der Waals surface area contributed by atoms with E-state index >= 15 is 0 Å². The van der Waals surface area contributed by atoms with Crippen LogP contribution in [0.4, 0.5) is 0 Å². The summed E-state index contributed by atoms with van der Waals surface area (Å²) in [6.45, 7) is 0. The van der Waals surface area contributed by atoms with E-state index in [1.165, 1.54) is 54.9 Å². The molecule has 14 aromatic carbocycles. The summed E-state index contributed by atoms with van der Waals surface area (Å²) in [4.78, 5) is 29.5. The molecule has 0 N–H and O–H groups in total. The zero-order chi connectivity index (χ0) is 66.6. The van der Waals surface area contributed by atoms with Crippen molar-refractivity contribution in [2.24, 2.45) is 0 Å². The van der Waals surface area contributed by atoms with Gasteiger partial charge in [0.15, 0.2) is 11.6 Å². The molecule has 0 saturated heterocycles. The Balaban J connectivity index is 0.000000150. The van der Waals surface area contributed by atoms with Crippen molar-refractivity contribution in [3.63, 3.8) is 0 Å². The van der Waals surface area contributed by atoms with Crippen molar-refractivity contribution >= 4 is 43.4 Å². The highest BCUT2D eigenvalue weighted by atomic mass is 14.9. The Kier molecular flexibility index (Phi) is 16.3. The average molecular weight is 1280 g/mol. The monoisotopic (exact) mass is 1270 g/mol. The second kappa shape index (κ2) is 27.0. The maximum absolute atomic E-state index is 5.04. The van der Waals surface area contributed by atoms with E-state index in [1.807, 2.05) is 103 Å². The highest BCUT2D eigenvalue weighted by Gasteiger charge is 2.17. The third kappa shape index (κ3) is 12.5. The number of pyridine rings is 2. The summed E-state index contributed by atoms with van der Waals surface area (Å²) < 4.78 is 0. The van der Waals surface area contributed by atoms with Gasteiger partial charge in [0.25, 0.3) is 0 Å². The fourth-order valence-corrected chi connectivity index (χ4v) is 13.5. The van der Waals surface area contributed by atoms with Crippen molar-refractivity contribution < 1.29 is 0 Å². The number of aromatic nitrogens is 6. The standard InChI is InChI=1S/2C47H31N3/c1-3-11-35(12-4-1)45-30-46(36-13-5-2-6-14-36)50-47(49-45)37-25-23-34(24-26-37)43-29-40(27-38-15-7-9-17-42(38)43)32-19-21-33(22-20-32)41-28-39-16-8-10-18-44(39)48-31-41;1-3-11-35(12-4-1)44-31-45(36-13-5-2-6-14-36)50-47(49-44)38-26-24-34(25-27-38)43-30-40(29-39-15-7-8-18-41(39)43)32-20-22-33(23-21-32)42-19-9-16-37-17-10-28-48-46(37)42/h2*1-31H. The molecule has 4 aromatic heterocycles. The lowest BCUT2D eigenvalue weighted by atomic mass is 9.92. The first-order chi connectivity index (χ1) is 49.5. The minimum atomic E-state index is 0.705. The van der Waals surface area contributed by atoms with Gasteiger partial charge in [-0.05, 0) is 132 Å². The molecule has 0 bridgehead atoms. The Morgan fingerprint density at radius 2 is 0.520 bits per heavy atom. The topological polar surface area (TPSA) is 77.3 Å². The van der Waals surface area contributed by atoms with Gasteiger partial charge in [0.05, 0.1) is 33.8 Å². The second-order valence-corrected chi connectivity index (χ2v) is 25.0. The van der Waals surface area contributed by atoms with Crippen LogP contribution in [0.1, 0.15) is 0 Å². The molecule has 0 radical (unpaired) electrons. The van der Waals surface area contributed by atoms with Gasteiger partial charge in [-0.25, -0.2) is 19.9 Å². The first-order valence-corrected chi connectivity index (χ1v) is 33.7. The summed E-state index contributed by atoms with van der Waals surface area (Å²) in [7, 11) is 0. The number of para-hydroxylation sites is 2. The molecule has 4 heterocycles. The molecule has 0 aliphatic rings. The fraction of sp³-hybridized carbons (Fsp3) is 0. The van der Waals surface area contributed by atoms with Crippen LogP contribution in [0.5, 0.6) is 0 Å². The van der Waals surface area contributed by atoms with Crippen LogP contribution in [0.3, 0.4) is 0 Å². The van der Waals surface area contributed by atoms with Crippen LogP contribution >= 0.6 is 0 Å². The second-order valence-electron chi connectivity index (χ2n) is 25.0. The molecular formula is C94H62N6. The van der Waals surface area contributed by atoms with Gasteiger partial charge in [-0.15, -0.1) is 0 Å². The minimum absolute atomic E-state index is 0.705. The molecule has 18 aromatic rings. The van der Waals surface area contributed by atoms with E-state index in [9.17, 15) is 0 Å². The SMILES string of the molecule is c1ccc(-c2cc(-c3ccccc3)nc(-c3ccc(-c4cc(-c5ccc(-c6cccc7cccnc67)cc5)cc5ccccc45)cc3)n2)cc1.c1ccc(-c2cc(-c3ccccc3)nc(-c3ccc(-c4cc(-c5ccc(-c6cnc7ccccc7c6)cc5)cc5ccccc45)cc3)n2)cc1. The molecule has 100 heavy (non-hydrogen) atoms. The van der Waals surface area contributed by atoms with E-state index in [0.29, 0.717) is 11.6 Å². The number of fused-ring (bicyclic) bond motifs is 4.